The first-order valence-corrected chi connectivity index (χ1v) is 4.56. The van der Waals surface area contributed by atoms with Crippen LogP contribution in [0.2, 0.25) is 0 Å². The first-order chi connectivity index (χ1) is 6.11. The minimum Gasteiger partial charge on any atom is -0.478 e. The molecule has 1 N–H and O–H groups in total. The van der Waals surface area contributed by atoms with Crippen LogP contribution in [0, 0.1) is 0 Å². The SMILES string of the molecule is C/C(=C\c1ccccc1Br)C(=O)O. The fourth-order valence-electron chi connectivity index (χ4n) is 0.887. The monoisotopic (exact) mass is 240 g/mol. The Labute approximate surface area is 85.0 Å². The molecule has 0 heterocycles. The number of rotatable bonds is 2. The van der Waals surface area contributed by atoms with Crippen molar-refractivity contribution in [1.29, 1.82) is 0 Å². The summed E-state index contributed by atoms with van der Waals surface area (Å²) in [5.41, 5.74) is 1.20. The molecule has 13 heavy (non-hydrogen) atoms. The molecule has 1 aromatic rings. The molecule has 0 fully saturated rings. The highest BCUT2D eigenvalue weighted by molar-refractivity contribution is 9.10. The van der Waals surface area contributed by atoms with Crippen LogP contribution in [0.4, 0.5) is 0 Å². The van der Waals surface area contributed by atoms with Crippen molar-refractivity contribution in [2.45, 2.75) is 6.92 Å². The maximum Gasteiger partial charge on any atom is 0.331 e. The summed E-state index contributed by atoms with van der Waals surface area (Å²) in [6, 6.07) is 7.49. The average Bonchev–Trinajstić information content (AvgIpc) is 2.08. The lowest BCUT2D eigenvalue weighted by molar-refractivity contribution is -0.132. The van der Waals surface area contributed by atoms with E-state index in [2.05, 4.69) is 15.9 Å². The Balaban J connectivity index is 3.04. The molecule has 0 bridgehead atoms. The topological polar surface area (TPSA) is 37.3 Å². The molecule has 1 aromatic carbocycles. The van der Waals surface area contributed by atoms with E-state index in [4.69, 9.17) is 5.11 Å². The van der Waals surface area contributed by atoms with E-state index in [1.165, 1.54) is 0 Å². The number of hydrogen-bond acceptors (Lipinski definition) is 1. The first kappa shape index (κ1) is 9.99. The van der Waals surface area contributed by atoms with Crippen molar-refractivity contribution in [1.82, 2.24) is 0 Å². The maximum absolute atomic E-state index is 10.5. The van der Waals surface area contributed by atoms with Crippen molar-refractivity contribution >= 4 is 28.0 Å². The summed E-state index contributed by atoms with van der Waals surface area (Å²) in [5, 5.41) is 8.65. The van der Waals surface area contributed by atoms with E-state index in [0.29, 0.717) is 5.57 Å². The summed E-state index contributed by atoms with van der Waals surface area (Å²) in [4.78, 5) is 10.5. The largest absolute Gasteiger partial charge is 0.478 e. The van der Waals surface area contributed by atoms with Crippen LogP contribution in [-0.4, -0.2) is 11.1 Å². The van der Waals surface area contributed by atoms with Crippen LogP contribution in [-0.2, 0) is 4.79 Å². The average molecular weight is 241 g/mol. The van der Waals surface area contributed by atoms with Gasteiger partial charge in [0.1, 0.15) is 0 Å². The van der Waals surface area contributed by atoms with E-state index in [1.54, 1.807) is 13.0 Å². The molecule has 0 spiro atoms. The van der Waals surface area contributed by atoms with Crippen molar-refractivity contribution in [3.8, 4) is 0 Å². The van der Waals surface area contributed by atoms with Crippen molar-refractivity contribution in [3.05, 3.63) is 39.9 Å². The Morgan fingerprint density at radius 1 is 1.46 bits per heavy atom. The van der Waals surface area contributed by atoms with E-state index in [0.717, 1.165) is 10.0 Å². The van der Waals surface area contributed by atoms with E-state index >= 15 is 0 Å². The zero-order valence-electron chi connectivity index (χ0n) is 7.12. The van der Waals surface area contributed by atoms with Crippen LogP contribution in [0.3, 0.4) is 0 Å². The maximum atomic E-state index is 10.5. The van der Waals surface area contributed by atoms with Gasteiger partial charge in [0.05, 0.1) is 0 Å². The molecule has 0 amide bonds. The third-order valence-corrected chi connectivity index (χ3v) is 2.34. The normalized spacial score (nSPS) is 11.4. The predicted octanol–water partition coefficient (Wildman–Crippen LogP) is 2.94. The molecule has 1 rings (SSSR count). The highest BCUT2D eigenvalue weighted by Crippen LogP contribution is 2.18. The van der Waals surface area contributed by atoms with Crippen LogP contribution in [0.1, 0.15) is 12.5 Å². The van der Waals surface area contributed by atoms with Crippen molar-refractivity contribution in [2.24, 2.45) is 0 Å². The molecule has 2 nitrogen and oxygen atoms in total. The summed E-state index contributed by atoms with van der Waals surface area (Å²) < 4.78 is 0.899. The number of aliphatic carboxylic acids is 1. The second-order valence-corrected chi connectivity index (χ2v) is 3.51. The minimum atomic E-state index is -0.893. The molecule has 0 aliphatic carbocycles. The van der Waals surface area contributed by atoms with E-state index in [1.807, 2.05) is 24.3 Å². The number of carboxylic acid groups (broad SMARTS) is 1. The van der Waals surface area contributed by atoms with Gasteiger partial charge in [-0.2, -0.15) is 0 Å². The second kappa shape index (κ2) is 4.23. The summed E-state index contributed by atoms with van der Waals surface area (Å²) in [7, 11) is 0. The van der Waals surface area contributed by atoms with Gasteiger partial charge in [-0.05, 0) is 24.6 Å². The predicted molar refractivity (Wildman–Crippen MR) is 55.4 cm³/mol. The number of carboxylic acids is 1. The van der Waals surface area contributed by atoms with Gasteiger partial charge in [0.15, 0.2) is 0 Å². The first-order valence-electron chi connectivity index (χ1n) is 3.77. The molecule has 0 atom stereocenters. The fourth-order valence-corrected chi connectivity index (χ4v) is 1.29. The molecule has 3 heteroatoms. The lowest BCUT2D eigenvalue weighted by Gasteiger charge is -1.98. The van der Waals surface area contributed by atoms with Crippen molar-refractivity contribution in [3.63, 3.8) is 0 Å². The van der Waals surface area contributed by atoms with Gasteiger partial charge in [0, 0.05) is 10.0 Å². The molecular formula is C10H9BrO2. The number of carbonyl (C=O) groups is 1. The summed E-state index contributed by atoms with van der Waals surface area (Å²) >= 11 is 3.34. The van der Waals surface area contributed by atoms with Crippen LogP contribution >= 0.6 is 15.9 Å². The Hall–Kier alpha value is -1.09. The van der Waals surface area contributed by atoms with Gasteiger partial charge in [-0.25, -0.2) is 4.79 Å². The standard InChI is InChI=1S/C10H9BrO2/c1-7(10(12)13)6-8-4-2-3-5-9(8)11/h2-6H,1H3,(H,12,13)/b7-6+. The third kappa shape index (κ3) is 2.70. The number of benzene rings is 1. The van der Waals surface area contributed by atoms with Gasteiger partial charge in [0.2, 0.25) is 0 Å². The van der Waals surface area contributed by atoms with Gasteiger partial charge in [-0.15, -0.1) is 0 Å². The van der Waals surface area contributed by atoms with Crippen LogP contribution < -0.4 is 0 Å². The Morgan fingerprint density at radius 2 is 2.08 bits per heavy atom. The van der Waals surface area contributed by atoms with E-state index in [9.17, 15) is 4.79 Å². The fraction of sp³-hybridized carbons (Fsp3) is 0.100. The number of halogens is 1. The molecule has 0 aliphatic rings. The highest BCUT2D eigenvalue weighted by atomic mass is 79.9. The smallest absolute Gasteiger partial charge is 0.331 e. The van der Waals surface area contributed by atoms with Crippen LogP contribution in [0.15, 0.2) is 34.3 Å². The summed E-state index contributed by atoms with van der Waals surface area (Å²) in [5.74, 6) is -0.893. The Kier molecular flexibility index (Phi) is 3.25. The van der Waals surface area contributed by atoms with Gasteiger partial charge in [0.25, 0.3) is 0 Å². The molecule has 0 aliphatic heterocycles. The van der Waals surface area contributed by atoms with E-state index in [-0.39, 0.29) is 0 Å². The van der Waals surface area contributed by atoms with E-state index < -0.39 is 5.97 Å². The quantitative estimate of drug-likeness (QED) is 0.808. The highest BCUT2D eigenvalue weighted by Gasteiger charge is 2.01. The van der Waals surface area contributed by atoms with Gasteiger partial charge in [-0.1, -0.05) is 34.1 Å². The molecule has 0 radical (unpaired) electrons. The lowest BCUT2D eigenvalue weighted by Crippen LogP contribution is -1.95. The van der Waals surface area contributed by atoms with Crippen molar-refractivity contribution in [2.75, 3.05) is 0 Å². The lowest BCUT2D eigenvalue weighted by atomic mass is 10.1. The molecule has 0 unspecified atom stereocenters. The van der Waals surface area contributed by atoms with Crippen LogP contribution in [0.25, 0.3) is 6.08 Å². The van der Waals surface area contributed by atoms with Gasteiger partial charge in [-0.3, -0.25) is 0 Å². The third-order valence-electron chi connectivity index (χ3n) is 1.61. The van der Waals surface area contributed by atoms with Crippen LogP contribution in [0.5, 0.6) is 0 Å². The minimum absolute atomic E-state index is 0.326. The molecule has 68 valence electrons. The zero-order chi connectivity index (χ0) is 9.84. The second-order valence-electron chi connectivity index (χ2n) is 2.65. The Bertz CT molecular complexity index is 356. The van der Waals surface area contributed by atoms with Gasteiger partial charge < -0.3 is 5.11 Å². The molecule has 0 saturated heterocycles. The molecule has 0 aromatic heterocycles. The zero-order valence-corrected chi connectivity index (χ0v) is 8.71. The molecule has 0 saturated carbocycles. The summed E-state index contributed by atoms with van der Waals surface area (Å²) in [6.45, 7) is 1.57. The van der Waals surface area contributed by atoms with Crippen molar-refractivity contribution < 1.29 is 9.90 Å². The molecular weight excluding hydrogens is 232 g/mol. The number of hydrogen-bond donors (Lipinski definition) is 1. The summed E-state index contributed by atoms with van der Waals surface area (Å²) in [6.07, 6.45) is 1.63. The van der Waals surface area contributed by atoms with Gasteiger partial charge >= 0.3 is 5.97 Å². The Morgan fingerprint density at radius 3 is 2.62 bits per heavy atom.